The summed E-state index contributed by atoms with van der Waals surface area (Å²) in [4.78, 5) is 3.94. The van der Waals surface area contributed by atoms with Gasteiger partial charge in [-0.2, -0.15) is 0 Å². The molecule has 0 bridgehead atoms. The second-order valence-corrected chi connectivity index (χ2v) is 2.31. The second kappa shape index (κ2) is 6.76. The van der Waals surface area contributed by atoms with Crippen LogP contribution in [0, 0.1) is 0 Å². The average molecular weight is 129 g/mol. The summed E-state index contributed by atoms with van der Waals surface area (Å²) >= 11 is 1.71. The second-order valence-electron chi connectivity index (χ2n) is 1.19. The number of hydrogen-bond acceptors (Lipinski definition) is 2. The van der Waals surface area contributed by atoms with Gasteiger partial charge in [0.1, 0.15) is 0 Å². The Morgan fingerprint density at radius 1 is 1.62 bits per heavy atom. The Kier molecular flexibility index (Phi) is 6.56. The van der Waals surface area contributed by atoms with Crippen molar-refractivity contribution in [2.75, 3.05) is 5.75 Å². The molecule has 0 fully saturated rings. The molecule has 0 radical (unpaired) electrons. The van der Waals surface area contributed by atoms with Crippen molar-refractivity contribution in [3.05, 3.63) is 12.3 Å². The van der Waals surface area contributed by atoms with Gasteiger partial charge in [-0.1, -0.05) is 13.0 Å². The van der Waals surface area contributed by atoms with Crippen LogP contribution in [0.5, 0.6) is 0 Å². The molecule has 0 heterocycles. The van der Waals surface area contributed by atoms with Crippen LogP contribution in [-0.2, 0) is 0 Å². The average Bonchev–Trinajstić information content (AvgIpc) is 1.81. The Labute approximate surface area is 54.9 Å². The maximum Gasteiger partial charge on any atom is 0.0596 e. The molecule has 0 aromatic rings. The number of rotatable bonds is 3. The van der Waals surface area contributed by atoms with Crippen LogP contribution in [0.3, 0.4) is 0 Å². The zero-order valence-electron chi connectivity index (χ0n) is 5.29. The van der Waals surface area contributed by atoms with Crippen LogP contribution >= 0.6 is 11.8 Å². The predicted octanol–water partition coefficient (Wildman–Crippen LogP) is 2.30. The molecule has 0 saturated heterocycles. The van der Waals surface area contributed by atoms with Gasteiger partial charge in [-0.3, -0.25) is 4.99 Å². The standard InChI is InChI=1S/C6H11NS/c1-3-5-7-6-8-4-2/h3,5-6H,4H2,1-2H3. The van der Waals surface area contributed by atoms with E-state index in [4.69, 9.17) is 0 Å². The third kappa shape index (κ3) is 5.76. The van der Waals surface area contributed by atoms with Crippen molar-refractivity contribution in [2.45, 2.75) is 13.8 Å². The van der Waals surface area contributed by atoms with E-state index in [1.165, 1.54) is 0 Å². The first-order valence-electron chi connectivity index (χ1n) is 2.66. The summed E-state index contributed by atoms with van der Waals surface area (Å²) in [5.74, 6) is 1.10. The monoisotopic (exact) mass is 129 g/mol. The zero-order chi connectivity index (χ0) is 6.24. The van der Waals surface area contributed by atoms with Gasteiger partial charge in [0.05, 0.1) is 5.55 Å². The van der Waals surface area contributed by atoms with E-state index >= 15 is 0 Å². The highest BCUT2D eigenvalue weighted by molar-refractivity contribution is 8.12. The van der Waals surface area contributed by atoms with E-state index < -0.39 is 0 Å². The van der Waals surface area contributed by atoms with Crippen LogP contribution < -0.4 is 0 Å². The van der Waals surface area contributed by atoms with E-state index in [-0.39, 0.29) is 0 Å². The molecular weight excluding hydrogens is 118 g/mol. The minimum atomic E-state index is 1.10. The molecular formula is C6H11NS. The highest BCUT2D eigenvalue weighted by atomic mass is 32.2. The number of hydrogen-bond donors (Lipinski definition) is 0. The SMILES string of the molecule is CC=CN=CSCC. The van der Waals surface area contributed by atoms with Crippen molar-refractivity contribution in [3.63, 3.8) is 0 Å². The molecule has 46 valence electrons. The van der Waals surface area contributed by atoms with Crippen LogP contribution in [0.2, 0.25) is 0 Å². The Bertz CT molecular complexity index is 86.5. The molecule has 0 aliphatic rings. The summed E-state index contributed by atoms with van der Waals surface area (Å²) < 4.78 is 0. The lowest BCUT2D eigenvalue weighted by Crippen LogP contribution is -1.63. The summed E-state index contributed by atoms with van der Waals surface area (Å²) in [6.45, 7) is 4.06. The van der Waals surface area contributed by atoms with Gasteiger partial charge in [0.15, 0.2) is 0 Å². The Hall–Kier alpha value is -0.240. The summed E-state index contributed by atoms with van der Waals surface area (Å²) in [5.41, 5.74) is 1.85. The highest BCUT2D eigenvalue weighted by Gasteiger charge is 1.67. The molecule has 0 amide bonds. The molecule has 0 aromatic carbocycles. The maximum atomic E-state index is 3.94. The summed E-state index contributed by atoms with van der Waals surface area (Å²) in [5, 5.41) is 0. The van der Waals surface area contributed by atoms with Gasteiger partial charge in [-0.05, 0) is 12.7 Å². The van der Waals surface area contributed by atoms with Crippen LogP contribution in [0.15, 0.2) is 17.3 Å². The fourth-order valence-electron chi connectivity index (χ4n) is 0.239. The molecule has 0 rings (SSSR count). The molecule has 0 spiro atoms. The zero-order valence-corrected chi connectivity index (χ0v) is 6.11. The molecule has 1 nitrogen and oxygen atoms in total. The van der Waals surface area contributed by atoms with Crippen molar-refractivity contribution in [1.82, 2.24) is 0 Å². The first kappa shape index (κ1) is 7.76. The topological polar surface area (TPSA) is 12.4 Å². The fraction of sp³-hybridized carbons (Fsp3) is 0.500. The summed E-state index contributed by atoms with van der Waals surface area (Å²) in [7, 11) is 0. The lowest BCUT2D eigenvalue weighted by atomic mass is 10.7. The van der Waals surface area contributed by atoms with Gasteiger partial charge in [-0.25, -0.2) is 0 Å². The molecule has 0 N–H and O–H groups in total. The van der Waals surface area contributed by atoms with E-state index in [1.807, 2.05) is 18.5 Å². The van der Waals surface area contributed by atoms with Crippen LogP contribution in [0.4, 0.5) is 0 Å². The van der Waals surface area contributed by atoms with Gasteiger partial charge in [0.25, 0.3) is 0 Å². The first-order valence-corrected chi connectivity index (χ1v) is 3.71. The fourth-order valence-corrected chi connectivity index (χ4v) is 0.544. The number of aliphatic imine (C=N–C) groups is 1. The van der Waals surface area contributed by atoms with Gasteiger partial charge in [0.2, 0.25) is 0 Å². The van der Waals surface area contributed by atoms with Gasteiger partial charge in [-0.15, -0.1) is 11.8 Å². The van der Waals surface area contributed by atoms with E-state index in [2.05, 4.69) is 11.9 Å². The molecule has 0 atom stereocenters. The van der Waals surface area contributed by atoms with Crippen molar-refractivity contribution >= 4 is 17.3 Å². The molecule has 0 saturated carbocycles. The lowest BCUT2D eigenvalue weighted by Gasteiger charge is -1.78. The summed E-state index contributed by atoms with van der Waals surface area (Å²) in [6, 6.07) is 0. The molecule has 0 unspecified atom stereocenters. The Balaban J connectivity index is 3.07. The quantitative estimate of drug-likeness (QED) is 0.420. The normalized spacial score (nSPS) is 11.8. The Morgan fingerprint density at radius 2 is 2.38 bits per heavy atom. The third-order valence-electron chi connectivity index (χ3n) is 0.537. The molecule has 8 heavy (non-hydrogen) atoms. The smallest absolute Gasteiger partial charge is 0.0596 e. The lowest BCUT2D eigenvalue weighted by molar-refractivity contribution is 1.53. The Morgan fingerprint density at radius 3 is 2.88 bits per heavy atom. The molecule has 0 aliphatic carbocycles. The van der Waals surface area contributed by atoms with E-state index in [0.717, 1.165) is 5.75 Å². The van der Waals surface area contributed by atoms with Crippen molar-refractivity contribution < 1.29 is 0 Å². The van der Waals surface area contributed by atoms with E-state index in [9.17, 15) is 0 Å². The number of thioether (sulfide) groups is 1. The van der Waals surface area contributed by atoms with Crippen molar-refractivity contribution in [3.8, 4) is 0 Å². The molecule has 2 heteroatoms. The van der Waals surface area contributed by atoms with Gasteiger partial charge < -0.3 is 0 Å². The molecule has 0 aromatic heterocycles. The molecule has 0 aliphatic heterocycles. The third-order valence-corrected chi connectivity index (χ3v) is 1.14. The minimum Gasteiger partial charge on any atom is -0.258 e. The van der Waals surface area contributed by atoms with Crippen LogP contribution in [0.25, 0.3) is 0 Å². The van der Waals surface area contributed by atoms with E-state index in [1.54, 1.807) is 18.0 Å². The minimum absolute atomic E-state index is 1.10. The summed E-state index contributed by atoms with van der Waals surface area (Å²) in [6.07, 6.45) is 3.69. The van der Waals surface area contributed by atoms with Crippen molar-refractivity contribution in [2.24, 2.45) is 4.99 Å². The van der Waals surface area contributed by atoms with Crippen molar-refractivity contribution in [1.29, 1.82) is 0 Å². The number of allylic oxidation sites excluding steroid dienone is 1. The van der Waals surface area contributed by atoms with Gasteiger partial charge in [0, 0.05) is 6.20 Å². The predicted molar refractivity (Wildman–Crippen MR) is 41.4 cm³/mol. The van der Waals surface area contributed by atoms with Crippen LogP contribution in [0.1, 0.15) is 13.8 Å². The van der Waals surface area contributed by atoms with Crippen LogP contribution in [-0.4, -0.2) is 11.3 Å². The van der Waals surface area contributed by atoms with E-state index in [0.29, 0.717) is 0 Å². The largest absolute Gasteiger partial charge is 0.258 e. The first-order chi connectivity index (χ1) is 3.91. The highest BCUT2D eigenvalue weighted by Crippen LogP contribution is 1.90. The number of nitrogens with zero attached hydrogens (tertiary/aromatic N) is 1. The van der Waals surface area contributed by atoms with Gasteiger partial charge >= 0.3 is 0 Å². The maximum absolute atomic E-state index is 3.94.